The molecule has 188 valence electrons. The first-order valence-corrected chi connectivity index (χ1v) is 12.2. The van der Waals surface area contributed by atoms with Gasteiger partial charge < -0.3 is 23.5 Å². The predicted molar refractivity (Wildman–Crippen MR) is 132 cm³/mol. The average molecular weight is 493 g/mol. The van der Waals surface area contributed by atoms with Gasteiger partial charge in [-0.05, 0) is 37.2 Å². The number of carbonyl (C=O) groups excluding carboxylic acids is 1. The molecule has 3 aromatic rings. The Balaban J connectivity index is 1.12. The van der Waals surface area contributed by atoms with Gasteiger partial charge in [0.05, 0.1) is 30.0 Å². The molecule has 36 heavy (non-hydrogen) atoms. The summed E-state index contributed by atoms with van der Waals surface area (Å²) in [5.74, 6) is 2.27. The van der Waals surface area contributed by atoms with E-state index in [4.69, 9.17) is 18.9 Å². The Morgan fingerprint density at radius 3 is 2.75 bits per heavy atom. The van der Waals surface area contributed by atoms with Gasteiger partial charge in [0.15, 0.2) is 11.5 Å². The van der Waals surface area contributed by atoms with Crippen molar-refractivity contribution >= 4 is 22.8 Å². The minimum Gasteiger partial charge on any atom is -0.497 e. The van der Waals surface area contributed by atoms with Crippen LogP contribution < -0.4 is 24.7 Å². The van der Waals surface area contributed by atoms with Crippen LogP contribution in [-0.2, 0) is 11.3 Å². The van der Waals surface area contributed by atoms with E-state index >= 15 is 0 Å². The van der Waals surface area contributed by atoms with E-state index in [1.807, 2.05) is 36.4 Å². The van der Waals surface area contributed by atoms with Crippen molar-refractivity contribution in [3.63, 3.8) is 0 Å². The molecule has 2 unspecified atom stereocenters. The van der Waals surface area contributed by atoms with Crippen molar-refractivity contribution < 1.29 is 23.7 Å². The Kier molecular flexibility index (Phi) is 5.88. The van der Waals surface area contributed by atoms with Crippen LogP contribution in [0.1, 0.15) is 6.42 Å². The molecule has 0 bridgehead atoms. The minimum absolute atomic E-state index is 0.148. The number of aromatic nitrogens is 2. The molecule has 0 spiro atoms. The van der Waals surface area contributed by atoms with Gasteiger partial charge in [0, 0.05) is 44.2 Å². The summed E-state index contributed by atoms with van der Waals surface area (Å²) in [7, 11) is 1.60. The summed E-state index contributed by atoms with van der Waals surface area (Å²) >= 11 is 0. The van der Waals surface area contributed by atoms with Gasteiger partial charge in [-0.15, -0.1) is 0 Å². The topological polar surface area (TPSA) is 95.4 Å². The first-order valence-electron chi connectivity index (χ1n) is 12.2. The van der Waals surface area contributed by atoms with Crippen molar-refractivity contribution in [2.75, 3.05) is 51.4 Å². The van der Waals surface area contributed by atoms with E-state index in [0.717, 1.165) is 29.7 Å². The number of methoxy groups -OCH3 is 1. The zero-order valence-corrected chi connectivity index (χ0v) is 20.1. The molecule has 1 aromatic heterocycles. The summed E-state index contributed by atoms with van der Waals surface area (Å²) in [6, 6.07) is 11.1. The summed E-state index contributed by atoms with van der Waals surface area (Å²) in [6.07, 6.45) is 1.74. The first kappa shape index (κ1) is 22.7. The lowest BCUT2D eigenvalue weighted by Gasteiger charge is -2.44. The van der Waals surface area contributed by atoms with Crippen LogP contribution in [0.15, 0.2) is 47.4 Å². The van der Waals surface area contributed by atoms with Crippen LogP contribution in [0.3, 0.4) is 0 Å². The number of carbonyl (C=O) groups is 1. The van der Waals surface area contributed by atoms with Crippen molar-refractivity contribution in [2.24, 2.45) is 5.92 Å². The lowest BCUT2D eigenvalue weighted by Crippen LogP contribution is -2.56. The average Bonchev–Trinajstić information content (AvgIpc) is 2.91. The molecule has 4 heterocycles. The van der Waals surface area contributed by atoms with E-state index in [1.54, 1.807) is 16.6 Å². The second-order valence-corrected chi connectivity index (χ2v) is 9.31. The van der Waals surface area contributed by atoms with Crippen molar-refractivity contribution in [2.45, 2.75) is 19.1 Å². The van der Waals surface area contributed by atoms with Gasteiger partial charge >= 0.3 is 6.09 Å². The molecule has 6 rings (SSSR count). The van der Waals surface area contributed by atoms with E-state index in [9.17, 15) is 9.59 Å². The predicted octanol–water partition coefficient (Wildman–Crippen LogP) is 2.52. The van der Waals surface area contributed by atoms with E-state index in [1.165, 1.54) is 6.20 Å². The van der Waals surface area contributed by atoms with Gasteiger partial charge in [-0.1, -0.05) is 0 Å². The molecule has 0 N–H and O–H groups in total. The van der Waals surface area contributed by atoms with Crippen molar-refractivity contribution in [1.29, 1.82) is 0 Å². The highest BCUT2D eigenvalue weighted by Gasteiger charge is 2.40. The first-order chi connectivity index (χ1) is 17.6. The standard InChI is InChI=1S/C26H28N4O6/c1-33-19-3-4-20-21(13-19)29(25(31)14-27-20)9-8-28-7-6-17-15-30(26(32)36-24(17)16-28)18-2-5-22-23(12-18)35-11-10-34-22/h2-5,12-14,17,24H,6-11,15-16H2,1H3. The quantitative estimate of drug-likeness (QED) is 0.536. The fourth-order valence-electron chi connectivity index (χ4n) is 5.23. The molecule has 2 fully saturated rings. The molecule has 3 aliphatic heterocycles. The Hall–Kier alpha value is -3.79. The number of rotatable bonds is 5. The Morgan fingerprint density at radius 2 is 1.89 bits per heavy atom. The number of benzene rings is 2. The van der Waals surface area contributed by atoms with E-state index < -0.39 is 0 Å². The van der Waals surface area contributed by atoms with Crippen LogP contribution in [0.2, 0.25) is 0 Å². The molecule has 2 saturated heterocycles. The molecule has 2 atom stereocenters. The molecular formula is C26H28N4O6. The monoisotopic (exact) mass is 492 g/mol. The molecule has 1 amide bonds. The molecule has 0 radical (unpaired) electrons. The largest absolute Gasteiger partial charge is 0.497 e. The highest BCUT2D eigenvalue weighted by atomic mass is 16.6. The van der Waals surface area contributed by atoms with Crippen LogP contribution in [0.5, 0.6) is 17.2 Å². The van der Waals surface area contributed by atoms with E-state index in [-0.39, 0.29) is 23.7 Å². The second kappa shape index (κ2) is 9.34. The summed E-state index contributed by atoms with van der Waals surface area (Å²) in [5.41, 5.74) is 2.10. The number of likely N-dealkylation sites (tertiary alicyclic amines) is 1. The summed E-state index contributed by atoms with van der Waals surface area (Å²) in [4.78, 5) is 33.7. The van der Waals surface area contributed by atoms with Gasteiger partial charge in [-0.3, -0.25) is 14.6 Å². The summed E-state index contributed by atoms with van der Waals surface area (Å²) in [6.45, 7) is 4.32. The zero-order chi connectivity index (χ0) is 24.6. The van der Waals surface area contributed by atoms with Gasteiger partial charge in [0.1, 0.15) is 25.1 Å². The number of piperidine rings is 1. The number of anilines is 1. The second-order valence-electron chi connectivity index (χ2n) is 9.31. The molecule has 2 aromatic carbocycles. The maximum atomic E-state index is 12.9. The SMILES string of the molecule is COc1ccc2ncc(=O)n(CCN3CCC4CN(c5ccc6c(c5)OCCO6)C(=O)OC4C3)c2c1. The van der Waals surface area contributed by atoms with Crippen molar-refractivity contribution in [3.05, 3.63) is 52.9 Å². The molecule has 0 aliphatic carbocycles. The van der Waals surface area contributed by atoms with E-state index in [2.05, 4.69) is 9.88 Å². The molecule has 3 aliphatic rings. The fraction of sp³-hybridized carbons (Fsp3) is 0.423. The Labute approximate surface area is 207 Å². The molecular weight excluding hydrogens is 464 g/mol. The number of hydrogen-bond donors (Lipinski definition) is 0. The van der Waals surface area contributed by atoms with Crippen LogP contribution >= 0.6 is 0 Å². The van der Waals surface area contributed by atoms with Crippen LogP contribution in [-0.4, -0.2) is 73.2 Å². The third-order valence-electron chi connectivity index (χ3n) is 7.20. The molecule has 10 heteroatoms. The van der Waals surface area contributed by atoms with Crippen LogP contribution in [0.4, 0.5) is 10.5 Å². The normalized spacial score (nSPS) is 21.7. The third kappa shape index (κ3) is 4.21. The van der Waals surface area contributed by atoms with Gasteiger partial charge in [-0.25, -0.2) is 9.78 Å². The fourth-order valence-corrected chi connectivity index (χ4v) is 5.23. The van der Waals surface area contributed by atoms with E-state index in [0.29, 0.717) is 56.6 Å². The van der Waals surface area contributed by atoms with Gasteiger partial charge in [0.2, 0.25) is 0 Å². The number of fused-ring (bicyclic) bond motifs is 3. The highest BCUT2D eigenvalue weighted by Crippen LogP contribution is 2.36. The number of hydrogen-bond acceptors (Lipinski definition) is 8. The summed E-state index contributed by atoms with van der Waals surface area (Å²) in [5, 5.41) is 0. The minimum atomic E-state index is -0.349. The number of nitrogens with zero attached hydrogens (tertiary/aromatic N) is 4. The van der Waals surface area contributed by atoms with Crippen molar-refractivity contribution in [3.8, 4) is 17.2 Å². The Morgan fingerprint density at radius 1 is 1.03 bits per heavy atom. The summed E-state index contributed by atoms with van der Waals surface area (Å²) < 4.78 is 24.2. The molecule has 10 nitrogen and oxygen atoms in total. The maximum absolute atomic E-state index is 12.9. The number of amides is 1. The zero-order valence-electron chi connectivity index (χ0n) is 20.1. The third-order valence-corrected chi connectivity index (χ3v) is 7.20. The van der Waals surface area contributed by atoms with Gasteiger partial charge in [-0.2, -0.15) is 0 Å². The lowest BCUT2D eigenvalue weighted by atomic mass is 9.91. The highest BCUT2D eigenvalue weighted by molar-refractivity contribution is 5.89. The number of ether oxygens (including phenoxy) is 4. The van der Waals surface area contributed by atoms with Crippen LogP contribution in [0, 0.1) is 5.92 Å². The lowest BCUT2D eigenvalue weighted by molar-refractivity contribution is -0.00758. The van der Waals surface area contributed by atoms with Crippen molar-refractivity contribution in [1.82, 2.24) is 14.5 Å². The Bertz CT molecular complexity index is 1360. The van der Waals surface area contributed by atoms with Crippen LogP contribution in [0.25, 0.3) is 11.0 Å². The van der Waals surface area contributed by atoms with Gasteiger partial charge in [0.25, 0.3) is 5.56 Å². The molecule has 0 saturated carbocycles. The smallest absolute Gasteiger partial charge is 0.414 e. The maximum Gasteiger partial charge on any atom is 0.414 e.